The lowest BCUT2D eigenvalue weighted by molar-refractivity contribution is -0.892. The molecule has 0 aromatic carbocycles. The third-order valence-electron chi connectivity index (χ3n) is 5.52. The molecule has 2 fully saturated rings. The Morgan fingerprint density at radius 2 is 1.77 bits per heavy atom. The fourth-order valence-corrected chi connectivity index (χ4v) is 3.75. The Morgan fingerprint density at radius 3 is 2.18 bits per heavy atom. The summed E-state index contributed by atoms with van der Waals surface area (Å²) < 4.78 is -0.00166. The van der Waals surface area contributed by atoms with E-state index in [1.807, 2.05) is 25.7 Å². The summed E-state index contributed by atoms with van der Waals surface area (Å²) in [5.74, 6) is 0.00440. The van der Waals surface area contributed by atoms with Gasteiger partial charge in [-0.1, -0.05) is 6.92 Å². The van der Waals surface area contributed by atoms with Crippen molar-refractivity contribution in [3.05, 3.63) is 0 Å². The van der Waals surface area contributed by atoms with Crippen LogP contribution in [-0.2, 0) is 4.79 Å². The number of likely N-dealkylation sites (N-methyl/N-ethyl adjacent to an activating group) is 1. The Bertz CT molecular complexity index is 438. The van der Waals surface area contributed by atoms with E-state index < -0.39 is 6.09 Å². The van der Waals surface area contributed by atoms with E-state index >= 15 is 0 Å². The average molecular weight is 312 g/mol. The molecule has 0 bridgehead atoms. The van der Waals surface area contributed by atoms with Gasteiger partial charge in [-0.25, -0.2) is 4.48 Å². The molecule has 2 aliphatic rings. The second-order valence-electron chi connectivity index (χ2n) is 7.57. The second kappa shape index (κ2) is 6.16. The molecule has 6 heteroatoms. The standard InChI is InChI=1S/C16H29N3O3/c1-5-17-7-9-18(10-8-17)14(20)13-6-11-19(12-13,15(21)22)16(2,3)4/h13H,5-12H2,1-4H3/p+1/t13-,19?/m0/s1. The largest absolute Gasteiger partial charge is 0.514 e. The lowest BCUT2D eigenvalue weighted by Crippen LogP contribution is -2.62. The number of rotatable bonds is 2. The SMILES string of the molecule is CCN1CCN(C(=O)[C@H]2CC[N+](C(=O)O)(C(C)(C)C)C2)CC1. The molecule has 22 heavy (non-hydrogen) atoms. The van der Waals surface area contributed by atoms with Crippen molar-refractivity contribution in [2.75, 3.05) is 45.8 Å². The Kier molecular flexibility index (Phi) is 4.82. The van der Waals surface area contributed by atoms with Crippen molar-refractivity contribution in [2.45, 2.75) is 39.7 Å². The van der Waals surface area contributed by atoms with Crippen LogP contribution in [0.4, 0.5) is 4.79 Å². The molecule has 1 unspecified atom stereocenters. The van der Waals surface area contributed by atoms with E-state index in [2.05, 4.69) is 11.8 Å². The van der Waals surface area contributed by atoms with E-state index in [-0.39, 0.29) is 21.8 Å². The van der Waals surface area contributed by atoms with E-state index in [1.54, 1.807) is 0 Å². The van der Waals surface area contributed by atoms with E-state index in [0.717, 1.165) is 32.7 Å². The maximum atomic E-state index is 12.7. The topological polar surface area (TPSA) is 60.9 Å². The Labute approximate surface area is 133 Å². The zero-order valence-corrected chi connectivity index (χ0v) is 14.3. The van der Waals surface area contributed by atoms with Crippen LogP contribution in [0.2, 0.25) is 0 Å². The minimum atomic E-state index is -0.807. The van der Waals surface area contributed by atoms with Crippen molar-refractivity contribution >= 4 is 12.0 Å². The highest BCUT2D eigenvalue weighted by atomic mass is 16.4. The predicted molar refractivity (Wildman–Crippen MR) is 84.6 cm³/mol. The zero-order valence-electron chi connectivity index (χ0n) is 14.3. The first-order chi connectivity index (χ1) is 10.2. The summed E-state index contributed by atoms with van der Waals surface area (Å²) in [5, 5.41) is 9.72. The quantitative estimate of drug-likeness (QED) is 0.784. The minimum Gasteiger partial charge on any atom is -0.435 e. The molecule has 0 aromatic rings. The summed E-state index contributed by atoms with van der Waals surface area (Å²) in [6.45, 7) is 13.4. The molecule has 2 atom stereocenters. The Morgan fingerprint density at radius 1 is 1.18 bits per heavy atom. The van der Waals surface area contributed by atoms with Gasteiger partial charge in [0.15, 0.2) is 0 Å². The molecule has 2 aliphatic heterocycles. The molecular formula is C16H30N3O3+. The number of carbonyl (C=O) groups is 2. The Hall–Kier alpha value is -1.14. The van der Waals surface area contributed by atoms with Gasteiger partial charge in [0.2, 0.25) is 5.91 Å². The Balaban J connectivity index is 2.03. The van der Waals surface area contributed by atoms with E-state index in [0.29, 0.717) is 19.5 Å². The number of hydrogen-bond donors (Lipinski definition) is 1. The van der Waals surface area contributed by atoms with Gasteiger partial charge in [0.05, 0.1) is 12.5 Å². The first-order valence-electron chi connectivity index (χ1n) is 8.33. The van der Waals surface area contributed by atoms with Gasteiger partial charge in [-0.15, -0.1) is 0 Å². The second-order valence-corrected chi connectivity index (χ2v) is 7.57. The number of hydrogen-bond acceptors (Lipinski definition) is 3. The van der Waals surface area contributed by atoms with Gasteiger partial charge >= 0.3 is 6.09 Å². The minimum absolute atomic E-state index is 0.00166. The van der Waals surface area contributed by atoms with Crippen molar-refractivity contribution in [1.82, 2.24) is 9.80 Å². The summed E-state index contributed by atoms with van der Waals surface area (Å²) in [6.07, 6.45) is -0.130. The van der Waals surface area contributed by atoms with Crippen molar-refractivity contribution < 1.29 is 19.2 Å². The first-order valence-corrected chi connectivity index (χ1v) is 8.33. The summed E-state index contributed by atoms with van der Waals surface area (Å²) in [5.41, 5.74) is -0.387. The lowest BCUT2D eigenvalue weighted by Gasteiger charge is -2.40. The smallest absolute Gasteiger partial charge is 0.435 e. The maximum absolute atomic E-state index is 12.7. The van der Waals surface area contributed by atoms with Crippen LogP contribution in [0.15, 0.2) is 0 Å². The van der Waals surface area contributed by atoms with E-state index in [1.165, 1.54) is 0 Å². The normalized spacial score (nSPS) is 30.5. The molecule has 0 radical (unpaired) electrons. The highest BCUT2D eigenvalue weighted by Gasteiger charge is 2.55. The van der Waals surface area contributed by atoms with Crippen molar-refractivity contribution in [3.8, 4) is 0 Å². The first kappa shape index (κ1) is 17.2. The average Bonchev–Trinajstić information content (AvgIpc) is 2.93. The number of piperazine rings is 1. The fourth-order valence-electron chi connectivity index (χ4n) is 3.75. The maximum Gasteiger partial charge on any atom is 0.514 e. The third-order valence-corrected chi connectivity index (χ3v) is 5.52. The molecule has 2 rings (SSSR count). The van der Waals surface area contributed by atoms with Gasteiger partial charge in [-0.05, 0) is 27.3 Å². The molecule has 126 valence electrons. The van der Waals surface area contributed by atoms with Crippen LogP contribution < -0.4 is 0 Å². The van der Waals surface area contributed by atoms with Crippen LogP contribution in [0, 0.1) is 5.92 Å². The van der Waals surface area contributed by atoms with Crippen LogP contribution in [0.25, 0.3) is 0 Å². The monoisotopic (exact) mass is 312 g/mol. The van der Waals surface area contributed by atoms with Gasteiger partial charge in [0, 0.05) is 32.6 Å². The van der Waals surface area contributed by atoms with Crippen molar-refractivity contribution in [3.63, 3.8) is 0 Å². The number of carboxylic acid groups (broad SMARTS) is 1. The molecule has 6 nitrogen and oxygen atoms in total. The molecule has 2 heterocycles. The van der Waals surface area contributed by atoms with E-state index in [9.17, 15) is 14.7 Å². The van der Waals surface area contributed by atoms with Crippen LogP contribution >= 0.6 is 0 Å². The van der Waals surface area contributed by atoms with Gasteiger partial charge in [-0.3, -0.25) is 4.79 Å². The summed E-state index contributed by atoms with van der Waals surface area (Å²) in [4.78, 5) is 28.8. The van der Waals surface area contributed by atoms with Crippen LogP contribution in [0.1, 0.15) is 34.1 Å². The van der Waals surface area contributed by atoms with Crippen molar-refractivity contribution in [2.24, 2.45) is 5.92 Å². The van der Waals surface area contributed by atoms with Crippen LogP contribution in [0.3, 0.4) is 0 Å². The lowest BCUT2D eigenvalue weighted by atomic mass is 10.0. The molecule has 0 aliphatic carbocycles. The van der Waals surface area contributed by atoms with Gasteiger partial charge in [0.25, 0.3) is 0 Å². The van der Waals surface area contributed by atoms with E-state index in [4.69, 9.17) is 0 Å². The molecule has 0 saturated carbocycles. The molecule has 2 saturated heterocycles. The van der Waals surface area contributed by atoms with Gasteiger partial charge in [-0.2, -0.15) is 4.79 Å². The van der Waals surface area contributed by atoms with Crippen LogP contribution in [-0.4, -0.2) is 82.7 Å². The fraction of sp³-hybridized carbons (Fsp3) is 0.875. The highest BCUT2D eigenvalue weighted by Crippen LogP contribution is 2.35. The van der Waals surface area contributed by atoms with Gasteiger partial charge in [0.1, 0.15) is 12.1 Å². The molecule has 0 aromatic heterocycles. The predicted octanol–water partition coefficient (Wildman–Crippen LogP) is 1.46. The highest BCUT2D eigenvalue weighted by molar-refractivity contribution is 5.79. The number of quaternary nitrogens is 1. The van der Waals surface area contributed by atoms with Crippen LogP contribution in [0.5, 0.6) is 0 Å². The molecule has 1 N–H and O–H groups in total. The number of amides is 2. The summed E-state index contributed by atoms with van der Waals surface area (Å²) in [7, 11) is 0. The number of nitrogens with zero attached hydrogens (tertiary/aromatic N) is 3. The van der Waals surface area contributed by atoms with Crippen molar-refractivity contribution in [1.29, 1.82) is 0 Å². The van der Waals surface area contributed by atoms with Gasteiger partial charge < -0.3 is 14.9 Å². The summed E-state index contributed by atoms with van der Waals surface area (Å²) in [6, 6.07) is 0. The third kappa shape index (κ3) is 2.99. The zero-order chi connectivity index (χ0) is 16.5. The number of carbonyl (C=O) groups excluding carboxylic acids is 1. The molecular weight excluding hydrogens is 282 g/mol. The number of likely N-dealkylation sites (tertiary alicyclic amines) is 1. The summed E-state index contributed by atoms with van der Waals surface area (Å²) >= 11 is 0. The molecule has 2 amide bonds. The molecule has 0 spiro atoms.